The van der Waals surface area contributed by atoms with Crippen molar-refractivity contribution in [1.82, 2.24) is 0 Å². The summed E-state index contributed by atoms with van der Waals surface area (Å²) < 4.78 is 27.0. The molecule has 78 valence electrons. The van der Waals surface area contributed by atoms with Crippen molar-refractivity contribution in [3.8, 4) is 0 Å². The van der Waals surface area contributed by atoms with E-state index in [2.05, 4.69) is 4.40 Å². The Labute approximate surface area is 88.2 Å². The van der Waals surface area contributed by atoms with E-state index in [-0.39, 0.29) is 10.7 Å². The lowest BCUT2D eigenvalue weighted by Crippen LogP contribution is -2.14. The molecule has 1 aliphatic rings. The van der Waals surface area contributed by atoms with Crippen molar-refractivity contribution in [2.24, 2.45) is 10.1 Å². The summed E-state index contributed by atoms with van der Waals surface area (Å²) in [5, 5.41) is 0. The molecular formula is C10H10N2O2S. The van der Waals surface area contributed by atoms with Crippen LogP contribution in [-0.4, -0.2) is 14.3 Å². The Bertz CT molecular complexity index is 571. The highest BCUT2D eigenvalue weighted by molar-refractivity contribution is 7.90. The van der Waals surface area contributed by atoms with E-state index in [9.17, 15) is 8.42 Å². The molecule has 1 aromatic carbocycles. The molecule has 5 heteroatoms. The van der Waals surface area contributed by atoms with Gasteiger partial charge in [0.05, 0.1) is 4.90 Å². The van der Waals surface area contributed by atoms with Gasteiger partial charge in [0.25, 0.3) is 10.0 Å². The summed E-state index contributed by atoms with van der Waals surface area (Å²) in [5.74, 6) is 0.0474. The number of nitrogens with zero attached hydrogens (tertiary/aromatic N) is 1. The zero-order valence-corrected chi connectivity index (χ0v) is 8.95. The van der Waals surface area contributed by atoms with Crippen LogP contribution in [0, 0.1) is 0 Å². The number of nitrogens with two attached hydrogens (primary N) is 1. The molecule has 0 fully saturated rings. The summed E-state index contributed by atoms with van der Waals surface area (Å²) in [4.78, 5) is 0.199. The lowest BCUT2D eigenvalue weighted by Gasteiger charge is -2.00. The minimum absolute atomic E-state index is 0.0474. The highest BCUT2D eigenvalue weighted by Crippen LogP contribution is 2.23. The van der Waals surface area contributed by atoms with Gasteiger partial charge in [-0.2, -0.15) is 8.42 Å². The van der Waals surface area contributed by atoms with Crippen LogP contribution in [0.3, 0.4) is 0 Å². The number of hydrogen-bond acceptors (Lipinski definition) is 3. The van der Waals surface area contributed by atoms with Crippen LogP contribution >= 0.6 is 0 Å². The first kappa shape index (κ1) is 9.92. The SMILES string of the molecule is CC1=Cc2ccccc2S(=O)(=O)N=C1N. The van der Waals surface area contributed by atoms with E-state index in [1.807, 2.05) is 0 Å². The Hall–Kier alpha value is -1.62. The molecular weight excluding hydrogens is 212 g/mol. The molecule has 4 nitrogen and oxygen atoms in total. The van der Waals surface area contributed by atoms with Gasteiger partial charge in [-0.25, -0.2) is 0 Å². The van der Waals surface area contributed by atoms with E-state index in [0.29, 0.717) is 11.1 Å². The molecule has 0 aliphatic carbocycles. The molecule has 0 spiro atoms. The number of fused-ring (bicyclic) bond motifs is 1. The van der Waals surface area contributed by atoms with Crippen LogP contribution in [0.15, 0.2) is 39.1 Å². The van der Waals surface area contributed by atoms with Crippen LogP contribution in [0.4, 0.5) is 0 Å². The van der Waals surface area contributed by atoms with E-state index in [0.717, 1.165) is 0 Å². The minimum Gasteiger partial charge on any atom is -0.383 e. The normalized spacial score (nSPS) is 18.5. The van der Waals surface area contributed by atoms with Gasteiger partial charge in [-0.15, -0.1) is 4.40 Å². The molecule has 0 radical (unpaired) electrons. The van der Waals surface area contributed by atoms with Gasteiger partial charge in [0.15, 0.2) is 0 Å². The van der Waals surface area contributed by atoms with Crippen molar-refractivity contribution in [3.63, 3.8) is 0 Å². The highest BCUT2D eigenvalue weighted by atomic mass is 32.2. The molecule has 0 saturated heterocycles. The third-order valence-corrected chi connectivity index (χ3v) is 3.56. The predicted octanol–water partition coefficient (Wildman–Crippen LogP) is 1.15. The molecule has 15 heavy (non-hydrogen) atoms. The fourth-order valence-corrected chi connectivity index (χ4v) is 2.57. The van der Waals surface area contributed by atoms with Crippen LogP contribution in [0.25, 0.3) is 6.08 Å². The van der Waals surface area contributed by atoms with E-state index in [1.54, 1.807) is 31.2 Å². The largest absolute Gasteiger partial charge is 0.383 e. The third kappa shape index (κ3) is 1.66. The number of amidine groups is 1. The van der Waals surface area contributed by atoms with E-state index in [4.69, 9.17) is 5.73 Å². The molecule has 1 aliphatic heterocycles. The second kappa shape index (κ2) is 3.20. The van der Waals surface area contributed by atoms with Gasteiger partial charge in [0, 0.05) is 0 Å². The second-order valence-electron chi connectivity index (χ2n) is 3.32. The molecule has 1 heterocycles. The molecule has 0 unspecified atom stereocenters. The van der Waals surface area contributed by atoms with Gasteiger partial charge < -0.3 is 5.73 Å². The Kier molecular flexibility index (Phi) is 2.12. The molecule has 2 rings (SSSR count). The first-order valence-electron chi connectivity index (χ1n) is 4.39. The maximum atomic E-state index is 11.7. The Morgan fingerprint density at radius 3 is 2.67 bits per heavy atom. The second-order valence-corrected chi connectivity index (χ2v) is 4.89. The number of rotatable bonds is 0. The standard InChI is InChI=1S/C10H10N2O2S/c1-7-6-8-4-2-3-5-9(8)15(13,14)12-10(7)11/h2-6H,1H3,(H2,11,12). The average Bonchev–Trinajstić information content (AvgIpc) is 2.24. The van der Waals surface area contributed by atoms with Gasteiger partial charge in [0.2, 0.25) is 0 Å². The lowest BCUT2D eigenvalue weighted by atomic mass is 10.1. The summed E-state index contributed by atoms with van der Waals surface area (Å²) in [5.41, 5.74) is 6.82. The number of hydrogen-bond donors (Lipinski definition) is 1. The fourth-order valence-electron chi connectivity index (χ4n) is 1.39. The monoisotopic (exact) mass is 222 g/mol. The van der Waals surface area contributed by atoms with Crippen molar-refractivity contribution in [3.05, 3.63) is 35.4 Å². The zero-order chi connectivity index (χ0) is 11.1. The van der Waals surface area contributed by atoms with Crippen LogP contribution in [0.5, 0.6) is 0 Å². The first-order valence-corrected chi connectivity index (χ1v) is 5.83. The Balaban J connectivity index is 2.83. The summed E-state index contributed by atoms with van der Waals surface area (Å²) >= 11 is 0. The van der Waals surface area contributed by atoms with E-state index >= 15 is 0 Å². The topological polar surface area (TPSA) is 72.5 Å². The summed E-state index contributed by atoms with van der Waals surface area (Å²) in [6.45, 7) is 1.73. The summed E-state index contributed by atoms with van der Waals surface area (Å²) in [6.07, 6.45) is 1.72. The van der Waals surface area contributed by atoms with Crippen molar-refractivity contribution in [2.45, 2.75) is 11.8 Å². The van der Waals surface area contributed by atoms with Crippen molar-refractivity contribution in [1.29, 1.82) is 0 Å². The highest BCUT2D eigenvalue weighted by Gasteiger charge is 2.20. The molecule has 0 atom stereocenters. The molecule has 0 bridgehead atoms. The molecule has 1 aromatic rings. The van der Waals surface area contributed by atoms with Crippen LogP contribution < -0.4 is 5.73 Å². The van der Waals surface area contributed by atoms with E-state index in [1.165, 1.54) is 6.07 Å². The Morgan fingerprint density at radius 1 is 1.27 bits per heavy atom. The van der Waals surface area contributed by atoms with Gasteiger partial charge in [-0.1, -0.05) is 18.2 Å². The van der Waals surface area contributed by atoms with Gasteiger partial charge in [-0.3, -0.25) is 0 Å². The van der Waals surface area contributed by atoms with Crippen LogP contribution in [0.1, 0.15) is 12.5 Å². The van der Waals surface area contributed by atoms with Gasteiger partial charge in [0.1, 0.15) is 5.84 Å². The number of sulfonamides is 1. The van der Waals surface area contributed by atoms with Crippen molar-refractivity contribution < 1.29 is 8.42 Å². The third-order valence-electron chi connectivity index (χ3n) is 2.19. The molecule has 0 saturated carbocycles. The van der Waals surface area contributed by atoms with Gasteiger partial charge in [-0.05, 0) is 30.2 Å². The van der Waals surface area contributed by atoms with Crippen molar-refractivity contribution in [2.75, 3.05) is 0 Å². The maximum absolute atomic E-state index is 11.7. The molecule has 2 N–H and O–H groups in total. The fraction of sp³-hybridized carbons (Fsp3) is 0.100. The lowest BCUT2D eigenvalue weighted by molar-refractivity contribution is 0.598. The Morgan fingerprint density at radius 2 is 1.93 bits per heavy atom. The minimum atomic E-state index is -3.65. The molecule has 0 amide bonds. The average molecular weight is 222 g/mol. The van der Waals surface area contributed by atoms with E-state index < -0.39 is 10.0 Å². The number of benzene rings is 1. The van der Waals surface area contributed by atoms with Gasteiger partial charge >= 0.3 is 0 Å². The maximum Gasteiger partial charge on any atom is 0.284 e. The van der Waals surface area contributed by atoms with Crippen molar-refractivity contribution >= 4 is 21.9 Å². The van der Waals surface area contributed by atoms with Crippen LogP contribution in [0.2, 0.25) is 0 Å². The van der Waals surface area contributed by atoms with Crippen LogP contribution in [-0.2, 0) is 10.0 Å². The summed E-state index contributed by atoms with van der Waals surface area (Å²) in [7, 11) is -3.65. The first-order chi connectivity index (χ1) is 7.00. The quantitative estimate of drug-likeness (QED) is 0.715. The smallest absolute Gasteiger partial charge is 0.284 e. The predicted molar refractivity (Wildman–Crippen MR) is 58.9 cm³/mol. The zero-order valence-electron chi connectivity index (χ0n) is 8.14. The molecule has 0 aromatic heterocycles. The summed E-state index contributed by atoms with van der Waals surface area (Å²) in [6, 6.07) is 6.69.